The van der Waals surface area contributed by atoms with Gasteiger partial charge in [0.1, 0.15) is 17.6 Å². The topological polar surface area (TPSA) is 78.9 Å². The van der Waals surface area contributed by atoms with Gasteiger partial charge in [-0.3, -0.25) is 9.78 Å². The number of fused-ring (bicyclic) bond motifs is 4. The Bertz CT molecular complexity index is 1410. The minimum absolute atomic E-state index is 0.0301. The lowest BCUT2D eigenvalue weighted by Gasteiger charge is -2.17. The van der Waals surface area contributed by atoms with Gasteiger partial charge in [-0.2, -0.15) is 0 Å². The summed E-state index contributed by atoms with van der Waals surface area (Å²) in [6, 6.07) is 15.2. The number of benzene rings is 3. The van der Waals surface area contributed by atoms with Crippen LogP contribution in [0.25, 0.3) is 21.7 Å². The predicted molar refractivity (Wildman–Crippen MR) is 128 cm³/mol. The van der Waals surface area contributed by atoms with Crippen molar-refractivity contribution in [3.8, 4) is 23.0 Å². The lowest BCUT2D eigenvalue weighted by molar-refractivity contribution is 0.0964. The van der Waals surface area contributed by atoms with Gasteiger partial charge in [-0.05, 0) is 41.1 Å². The van der Waals surface area contributed by atoms with Crippen molar-refractivity contribution >= 4 is 27.6 Å². The molecule has 0 saturated carbocycles. The van der Waals surface area contributed by atoms with Crippen LogP contribution in [0.5, 0.6) is 23.0 Å². The van der Waals surface area contributed by atoms with Crippen molar-refractivity contribution in [1.82, 2.24) is 10.3 Å². The van der Waals surface area contributed by atoms with Crippen LogP contribution in [-0.4, -0.2) is 43.9 Å². The molecule has 1 N–H and O–H groups in total. The molecular weight excluding hydrogens is 432 g/mol. The number of carbonyl (C=O) groups is 1. The van der Waals surface area contributed by atoms with E-state index < -0.39 is 0 Å². The highest BCUT2D eigenvalue weighted by Gasteiger charge is 2.27. The summed E-state index contributed by atoms with van der Waals surface area (Å²) in [6.07, 6.45) is 3.40. The molecule has 4 aromatic rings. The number of nitrogens with zero attached hydrogens (tertiary/aromatic N) is 1. The lowest BCUT2D eigenvalue weighted by atomic mass is 10.0. The largest absolute Gasteiger partial charge is 0.489 e. The zero-order valence-corrected chi connectivity index (χ0v) is 18.8. The number of rotatable bonds is 5. The summed E-state index contributed by atoms with van der Waals surface area (Å²) in [5, 5.41) is 5.43. The van der Waals surface area contributed by atoms with E-state index in [4.69, 9.17) is 18.9 Å². The molecule has 0 spiro atoms. The Kier molecular flexibility index (Phi) is 5.19. The molecule has 1 aromatic heterocycles. The fraction of sp³-hybridized carbons (Fsp3) is 0.259. The molecule has 1 amide bonds. The van der Waals surface area contributed by atoms with Crippen molar-refractivity contribution in [2.24, 2.45) is 0 Å². The fourth-order valence-electron chi connectivity index (χ4n) is 4.72. The molecule has 172 valence electrons. The van der Waals surface area contributed by atoms with Crippen molar-refractivity contribution in [1.29, 1.82) is 0 Å². The summed E-state index contributed by atoms with van der Waals surface area (Å²) in [5.74, 6) is 2.77. The van der Waals surface area contributed by atoms with Gasteiger partial charge in [0.05, 0.1) is 30.7 Å². The third-order valence-corrected chi connectivity index (χ3v) is 6.34. The molecule has 1 saturated heterocycles. The van der Waals surface area contributed by atoms with Gasteiger partial charge in [0, 0.05) is 43.3 Å². The number of amides is 1. The Balaban J connectivity index is 1.39. The smallest absolute Gasteiger partial charge is 0.251 e. The molecule has 7 heteroatoms. The Morgan fingerprint density at radius 3 is 2.91 bits per heavy atom. The molecule has 2 aliphatic rings. The number of carbonyl (C=O) groups excluding carboxylic acids is 1. The van der Waals surface area contributed by atoms with E-state index in [0.717, 1.165) is 45.8 Å². The second kappa shape index (κ2) is 8.50. The minimum Gasteiger partial charge on any atom is -0.489 e. The number of nitrogens with one attached hydrogen (secondary N) is 1. The molecule has 1 fully saturated rings. The fourth-order valence-corrected chi connectivity index (χ4v) is 4.72. The zero-order valence-electron chi connectivity index (χ0n) is 18.8. The molecule has 0 radical (unpaired) electrons. The maximum absolute atomic E-state index is 12.2. The van der Waals surface area contributed by atoms with Crippen LogP contribution in [0.4, 0.5) is 0 Å². The molecule has 1 atom stereocenters. The van der Waals surface area contributed by atoms with Gasteiger partial charge < -0.3 is 24.3 Å². The van der Waals surface area contributed by atoms with Crippen LogP contribution in [0.2, 0.25) is 0 Å². The third-order valence-electron chi connectivity index (χ3n) is 6.34. The molecule has 2 aliphatic heterocycles. The highest BCUT2D eigenvalue weighted by atomic mass is 16.6. The molecule has 0 aliphatic carbocycles. The predicted octanol–water partition coefficient (Wildman–Crippen LogP) is 4.64. The molecule has 0 bridgehead atoms. The lowest BCUT2D eigenvalue weighted by Crippen LogP contribution is -2.17. The van der Waals surface area contributed by atoms with E-state index in [1.165, 1.54) is 0 Å². The Labute approximate surface area is 196 Å². The highest BCUT2D eigenvalue weighted by Crippen LogP contribution is 2.45. The quantitative estimate of drug-likeness (QED) is 0.471. The van der Waals surface area contributed by atoms with E-state index in [1.807, 2.05) is 48.5 Å². The van der Waals surface area contributed by atoms with E-state index >= 15 is 0 Å². The first kappa shape index (κ1) is 20.7. The van der Waals surface area contributed by atoms with Crippen LogP contribution in [0.15, 0.2) is 54.7 Å². The van der Waals surface area contributed by atoms with Crippen LogP contribution in [0.3, 0.4) is 0 Å². The van der Waals surface area contributed by atoms with Crippen LogP contribution in [0, 0.1) is 0 Å². The van der Waals surface area contributed by atoms with Gasteiger partial charge in [0.25, 0.3) is 5.91 Å². The van der Waals surface area contributed by atoms with Gasteiger partial charge in [-0.25, -0.2) is 0 Å². The number of hydrogen-bond donors (Lipinski definition) is 1. The maximum Gasteiger partial charge on any atom is 0.251 e. The SMILES string of the molecule is CNC(=O)c1cccc2cc(Oc3ccnc4cc(O[C@H]5CCOC5)c5c(c34)CCO5)ccc12. The van der Waals surface area contributed by atoms with Gasteiger partial charge >= 0.3 is 0 Å². The van der Waals surface area contributed by atoms with Gasteiger partial charge in [0.2, 0.25) is 0 Å². The standard InChI is InChI=1S/C27H24N2O5/c1-28-27(30)20-4-2-3-16-13-17(5-6-19(16)20)33-23-7-10-29-22-14-24(34-18-8-11-31-15-18)26-21(25(22)23)9-12-32-26/h2-7,10,13-14,18H,8-9,11-12,15H2,1H3,(H,28,30)/t18-/m0/s1. The van der Waals surface area contributed by atoms with Crippen LogP contribution in [-0.2, 0) is 11.2 Å². The first-order chi connectivity index (χ1) is 16.7. The van der Waals surface area contributed by atoms with Gasteiger partial charge in [-0.1, -0.05) is 12.1 Å². The number of aromatic nitrogens is 1. The number of hydrogen-bond acceptors (Lipinski definition) is 6. The van der Waals surface area contributed by atoms with E-state index in [0.29, 0.717) is 42.6 Å². The van der Waals surface area contributed by atoms with E-state index in [2.05, 4.69) is 10.3 Å². The summed E-state index contributed by atoms with van der Waals surface area (Å²) in [4.78, 5) is 16.8. The summed E-state index contributed by atoms with van der Waals surface area (Å²) in [5.41, 5.74) is 2.49. The normalized spacial score (nSPS) is 16.9. The number of pyridine rings is 1. The summed E-state index contributed by atoms with van der Waals surface area (Å²) >= 11 is 0. The van der Waals surface area contributed by atoms with Crippen molar-refractivity contribution in [3.05, 3.63) is 65.9 Å². The molecule has 6 rings (SSSR count). The zero-order chi connectivity index (χ0) is 23.1. The molecular formula is C27H24N2O5. The van der Waals surface area contributed by atoms with Crippen LogP contribution < -0.4 is 19.5 Å². The van der Waals surface area contributed by atoms with E-state index in [-0.39, 0.29) is 12.0 Å². The average Bonchev–Trinajstić information content (AvgIpc) is 3.56. The second-order valence-corrected chi connectivity index (χ2v) is 8.46. The molecule has 3 heterocycles. The first-order valence-corrected chi connectivity index (χ1v) is 11.5. The van der Waals surface area contributed by atoms with Crippen LogP contribution in [0.1, 0.15) is 22.3 Å². The summed E-state index contributed by atoms with van der Waals surface area (Å²) in [7, 11) is 1.63. The molecule has 34 heavy (non-hydrogen) atoms. The van der Waals surface area contributed by atoms with Crippen molar-refractivity contribution in [2.45, 2.75) is 18.9 Å². The molecule has 3 aromatic carbocycles. The Morgan fingerprint density at radius 2 is 2.06 bits per heavy atom. The number of ether oxygens (including phenoxy) is 4. The van der Waals surface area contributed by atoms with Gasteiger partial charge in [0.15, 0.2) is 11.5 Å². The van der Waals surface area contributed by atoms with Crippen LogP contribution >= 0.6 is 0 Å². The Morgan fingerprint density at radius 1 is 1.12 bits per heavy atom. The average molecular weight is 456 g/mol. The second-order valence-electron chi connectivity index (χ2n) is 8.46. The van der Waals surface area contributed by atoms with Crippen molar-refractivity contribution in [2.75, 3.05) is 26.9 Å². The van der Waals surface area contributed by atoms with Crippen molar-refractivity contribution < 1.29 is 23.7 Å². The highest BCUT2D eigenvalue weighted by molar-refractivity contribution is 6.07. The minimum atomic E-state index is -0.114. The monoisotopic (exact) mass is 456 g/mol. The molecule has 0 unspecified atom stereocenters. The maximum atomic E-state index is 12.2. The van der Waals surface area contributed by atoms with E-state index in [9.17, 15) is 4.79 Å². The van der Waals surface area contributed by atoms with Gasteiger partial charge in [-0.15, -0.1) is 0 Å². The van der Waals surface area contributed by atoms with Crippen molar-refractivity contribution in [3.63, 3.8) is 0 Å². The summed E-state index contributed by atoms with van der Waals surface area (Å²) < 4.78 is 24.0. The molecule has 7 nitrogen and oxygen atoms in total. The third kappa shape index (κ3) is 3.58. The van der Waals surface area contributed by atoms with E-state index in [1.54, 1.807) is 13.2 Å². The Hall–Kier alpha value is -3.84. The summed E-state index contributed by atoms with van der Waals surface area (Å²) in [6.45, 7) is 1.90. The first-order valence-electron chi connectivity index (χ1n) is 11.5.